The van der Waals surface area contributed by atoms with Crippen LogP contribution in [0.1, 0.15) is 5.56 Å². The lowest BCUT2D eigenvalue weighted by atomic mass is 10.2. The van der Waals surface area contributed by atoms with Gasteiger partial charge in [0.25, 0.3) is 0 Å². The van der Waals surface area contributed by atoms with Gasteiger partial charge >= 0.3 is 0 Å². The molecule has 72 valence electrons. The van der Waals surface area contributed by atoms with Gasteiger partial charge in [-0.1, -0.05) is 23.2 Å². The van der Waals surface area contributed by atoms with E-state index in [0.717, 1.165) is 0 Å². The van der Waals surface area contributed by atoms with Crippen molar-refractivity contribution in [3.05, 3.63) is 27.7 Å². The van der Waals surface area contributed by atoms with Crippen LogP contribution in [0.5, 0.6) is 5.75 Å². The van der Waals surface area contributed by atoms with E-state index in [-0.39, 0.29) is 6.54 Å². The maximum atomic E-state index is 8.53. The van der Waals surface area contributed by atoms with Crippen molar-refractivity contribution in [2.75, 3.05) is 7.11 Å². The van der Waals surface area contributed by atoms with Gasteiger partial charge < -0.3 is 9.94 Å². The zero-order chi connectivity index (χ0) is 9.84. The maximum Gasteiger partial charge on any atom is 0.142 e. The molecule has 1 aromatic carbocycles. The minimum atomic E-state index is 0.240. The summed E-state index contributed by atoms with van der Waals surface area (Å²) < 4.78 is 5.04. The molecule has 0 spiro atoms. The smallest absolute Gasteiger partial charge is 0.142 e. The van der Waals surface area contributed by atoms with Gasteiger partial charge in [-0.3, -0.25) is 0 Å². The van der Waals surface area contributed by atoms with Crippen LogP contribution in [0, 0.1) is 0 Å². The molecular weight excluding hydrogens is 213 g/mol. The van der Waals surface area contributed by atoms with E-state index in [9.17, 15) is 0 Å². The minimum Gasteiger partial charge on any atom is -0.495 e. The molecule has 3 nitrogen and oxygen atoms in total. The van der Waals surface area contributed by atoms with E-state index >= 15 is 0 Å². The first-order chi connectivity index (χ1) is 6.19. The molecule has 0 aliphatic heterocycles. The van der Waals surface area contributed by atoms with Crippen molar-refractivity contribution in [2.45, 2.75) is 6.54 Å². The van der Waals surface area contributed by atoms with Crippen LogP contribution >= 0.6 is 23.2 Å². The first-order valence-electron chi connectivity index (χ1n) is 3.58. The molecule has 0 bridgehead atoms. The lowest BCUT2D eigenvalue weighted by Gasteiger charge is -2.09. The Bertz CT molecular complexity index is 304. The predicted molar refractivity (Wildman–Crippen MR) is 51.6 cm³/mol. The van der Waals surface area contributed by atoms with Crippen molar-refractivity contribution in [3.8, 4) is 5.75 Å². The average Bonchev–Trinajstić information content (AvgIpc) is 2.04. The Hall–Kier alpha value is -0.480. The third kappa shape index (κ3) is 2.48. The molecule has 1 aromatic rings. The van der Waals surface area contributed by atoms with E-state index in [4.69, 9.17) is 33.1 Å². The summed E-state index contributed by atoms with van der Waals surface area (Å²) in [6, 6.07) is 3.26. The number of ether oxygens (including phenoxy) is 1. The Morgan fingerprint density at radius 3 is 2.69 bits per heavy atom. The molecule has 0 atom stereocenters. The normalized spacial score (nSPS) is 10.2. The van der Waals surface area contributed by atoms with E-state index in [0.29, 0.717) is 21.4 Å². The molecule has 13 heavy (non-hydrogen) atoms. The highest BCUT2D eigenvalue weighted by Crippen LogP contribution is 2.31. The highest BCUT2D eigenvalue weighted by Gasteiger charge is 2.08. The van der Waals surface area contributed by atoms with E-state index in [1.807, 2.05) is 5.48 Å². The lowest BCUT2D eigenvalue weighted by molar-refractivity contribution is 0.160. The van der Waals surface area contributed by atoms with Crippen LogP contribution in [0.25, 0.3) is 0 Å². The molecule has 5 heteroatoms. The number of halogens is 2. The third-order valence-corrected chi connectivity index (χ3v) is 2.06. The van der Waals surface area contributed by atoms with Gasteiger partial charge in [0.2, 0.25) is 0 Å². The number of methoxy groups -OCH3 is 1. The van der Waals surface area contributed by atoms with Crippen LogP contribution in [0.15, 0.2) is 12.1 Å². The van der Waals surface area contributed by atoms with Gasteiger partial charge in [-0.25, -0.2) is 5.48 Å². The summed E-state index contributed by atoms with van der Waals surface area (Å²) in [7, 11) is 1.51. The largest absolute Gasteiger partial charge is 0.495 e. The first-order valence-corrected chi connectivity index (χ1v) is 4.33. The molecule has 0 radical (unpaired) electrons. The molecule has 0 unspecified atom stereocenters. The fourth-order valence-corrected chi connectivity index (χ4v) is 1.67. The van der Waals surface area contributed by atoms with Gasteiger partial charge in [0.1, 0.15) is 5.75 Å². The van der Waals surface area contributed by atoms with Crippen molar-refractivity contribution in [2.24, 2.45) is 0 Å². The molecule has 0 saturated heterocycles. The molecule has 0 fully saturated rings. The topological polar surface area (TPSA) is 41.5 Å². The molecule has 0 aromatic heterocycles. The standard InChI is InChI=1S/C8H9Cl2NO2/c1-13-8-5(4-11-12)2-6(9)3-7(8)10/h2-3,11-12H,4H2,1H3. The van der Waals surface area contributed by atoms with Gasteiger partial charge in [-0.15, -0.1) is 0 Å². The Morgan fingerprint density at radius 2 is 2.15 bits per heavy atom. The molecular formula is C8H9Cl2NO2. The number of rotatable bonds is 3. The second-order valence-corrected chi connectivity index (χ2v) is 3.26. The Kier molecular flexibility index (Phi) is 3.81. The van der Waals surface area contributed by atoms with Crippen molar-refractivity contribution in [1.29, 1.82) is 0 Å². The minimum absolute atomic E-state index is 0.240. The predicted octanol–water partition coefficient (Wildman–Crippen LogP) is 2.48. The van der Waals surface area contributed by atoms with Crippen LogP contribution in [0.2, 0.25) is 10.0 Å². The number of hydrogen-bond acceptors (Lipinski definition) is 3. The van der Waals surface area contributed by atoms with Crippen molar-refractivity contribution >= 4 is 23.2 Å². The number of hydroxylamine groups is 1. The summed E-state index contributed by atoms with van der Waals surface area (Å²) in [5.41, 5.74) is 2.73. The van der Waals surface area contributed by atoms with E-state index in [1.165, 1.54) is 7.11 Å². The maximum absolute atomic E-state index is 8.53. The summed E-state index contributed by atoms with van der Waals surface area (Å²) in [5, 5.41) is 9.47. The fourth-order valence-electron chi connectivity index (χ4n) is 1.06. The molecule has 0 aliphatic rings. The second-order valence-electron chi connectivity index (χ2n) is 2.41. The summed E-state index contributed by atoms with van der Waals surface area (Å²) in [4.78, 5) is 0. The van der Waals surface area contributed by atoms with Gasteiger partial charge in [0.15, 0.2) is 0 Å². The lowest BCUT2D eigenvalue weighted by Crippen LogP contribution is -2.07. The van der Waals surface area contributed by atoms with Crippen LogP contribution in [-0.4, -0.2) is 12.3 Å². The Balaban J connectivity index is 3.13. The monoisotopic (exact) mass is 221 g/mol. The highest BCUT2D eigenvalue weighted by atomic mass is 35.5. The van der Waals surface area contributed by atoms with E-state index < -0.39 is 0 Å². The van der Waals surface area contributed by atoms with Crippen molar-refractivity contribution < 1.29 is 9.94 Å². The van der Waals surface area contributed by atoms with Gasteiger partial charge in [0.05, 0.1) is 12.1 Å². The number of nitrogens with one attached hydrogen (secondary N) is 1. The zero-order valence-corrected chi connectivity index (χ0v) is 8.49. The fraction of sp³-hybridized carbons (Fsp3) is 0.250. The quantitative estimate of drug-likeness (QED) is 0.772. The van der Waals surface area contributed by atoms with Crippen LogP contribution in [-0.2, 0) is 6.54 Å². The number of hydrogen-bond donors (Lipinski definition) is 2. The van der Waals surface area contributed by atoms with Crippen LogP contribution in [0.3, 0.4) is 0 Å². The average molecular weight is 222 g/mol. The second kappa shape index (κ2) is 4.67. The van der Waals surface area contributed by atoms with Gasteiger partial charge in [0, 0.05) is 17.1 Å². The van der Waals surface area contributed by atoms with E-state index in [1.54, 1.807) is 12.1 Å². The summed E-state index contributed by atoms with van der Waals surface area (Å²) in [5.74, 6) is 0.521. The Labute approximate surface area is 86.2 Å². The SMILES string of the molecule is COc1c(Cl)cc(Cl)cc1CNO. The number of benzene rings is 1. The van der Waals surface area contributed by atoms with Crippen LogP contribution < -0.4 is 10.2 Å². The third-order valence-electron chi connectivity index (χ3n) is 1.56. The molecule has 0 amide bonds. The summed E-state index contributed by atoms with van der Waals surface area (Å²) >= 11 is 11.6. The zero-order valence-electron chi connectivity index (χ0n) is 6.97. The van der Waals surface area contributed by atoms with E-state index in [2.05, 4.69) is 0 Å². The highest BCUT2D eigenvalue weighted by molar-refractivity contribution is 6.35. The van der Waals surface area contributed by atoms with Crippen molar-refractivity contribution in [1.82, 2.24) is 5.48 Å². The first kappa shape index (κ1) is 10.6. The Morgan fingerprint density at radius 1 is 1.46 bits per heavy atom. The van der Waals surface area contributed by atoms with Crippen LogP contribution in [0.4, 0.5) is 0 Å². The summed E-state index contributed by atoms with van der Waals surface area (Å²) in [6.45, 7) is 0.240. The molecule has 0 saturated carbocycles. The molecule has 0 aliphatic carbocycles. The molecule has 2 N–H and O–H groups in total. The van der Waals surface area contributed by atoms with Crippen molar-refractivity contribution in [3.63, 3.8) is 0 Å². The molecule has 1 rings (SSSR count). The van der Waals surface area contributed by atoms with Gasteiger partial charge in [-0.2, -0.15) is 0 Å². The molecule has 0 heterocycles. The van der Waals surface area contributed by atoms with Gasteiger partial charge in [-0.05, 0) is 12.1 Å². The summed E-state index contributed by atoms with van der Waals surface area (Å²) in [6.07, 6.45) is 0.